The Balaban J connectivity index is 2.96. The number of rotatable bonds is 5. The molecule has 0 aromatic heterocycles. The van der Waals surface area contributed by atoms with Gasteiger partial charge in [0.25, 0.3) is 0 Å². The van der Waals surface area contributed by atoms with Crippen molar-refractivity contribution >= 4 is 0 Å². The van der Waals surface area contributed by atoms with E-state index in [0.717, 1.165) is 5.56 Å². The Kier molecular flexibility index (Phi) is 4.39. The standard InChI is InChI=1S/C11H17NO3/c1-14-8-3-4-9(10(13)5-6-12)11(7-8)15-2/h3-4,7,10,13H,5-6,12H2,1-2H3/t10-/m1/s1. The van der Waals surface area contributed by atoms with Crippen LogP contribution in [0, 0.1) is 0 Å². The van der Waals surface area contributed by atoms with Gasteiger partial charge >= 0.3 is 0 Å². The molecule has 0 bridgehead atoms. The van der Waals surface area contributed by atoms with E-state index in [0.29, 0.717) is 24.5 Å². The second kappa shape index (κ2) is 5.58. The van der Waals surface area contributed by atoms with Gasteiger partial charge in [-0.3, -0.25) is 0 Å². The minimum Gasteiger partial charge on any atom is -0.497 e. The summed E-state index contributed by atoms with van der Waals surface area (Å²) in [6, 6.07) is 5.32. The zero-order valence-corrected chi connectivity index (χ0v) is 9.06. The predicted molar refractivity (Wildman–Crippen MR) is 58.2 cm³/mol. The molecule has 3 N–H and O–H groups in total. The molecule has 0 aliphatic rings. The highest BCUT2D eigenvalue weighted by molar-refractivity contribution is 5.41. The lowest BCUT2D eigenvalue weighted by Crippen LogP contribution is -2.08. The highest BCUT2D eigenvalue weighted by Gasteiger charge is 2.13. The van der Waals surface area contributed by atoms with Gasteiger partial charge < -0.3 is 20.3 Å². The lowest BCUT2D eigenvalue weighted by molar-refractivity contribution is 0.166. The summed E-state index contributed by atoms with van der Waals surface area (Å²) >= 11 is 0. The van der Waals surface area contributed by atoms with Crippen LogP contribution in [0.2, 0.25) is 0 Å². The molecule has 15 heavy (non-hydrogen) atoms. The Morgan fingerprint density at radius 1 is 1.33 bits per heavy atom. The van der Waals surface area contributed by atoms with Crippen molar-refractivity contribution in [1.29, 1.82) is 0 Å². The number of hydrogen-bond donors (Lipinski definition) is 2. The zero-order valence-electron chi connectivity index (χ0n) is 9.06. The summed E-state index contributed by atoms with van der Waals surface area (Å²) in [5.74, 6) is 1.32. The Bertz CT molecular complexity index is 315. The summed E-state index contributed by atoms with van der Waals surface area (Å²) in [6.07, 6.45) is -0.0706. The average molecular weight is 211 g/mol. The topological polar surface area (TPSA) is 64.7 Å². The van der Waals surface area contributed by atoms with Crippen LogP contribution in [0.1, 0.15) is 18.1 Å². The van der Waals surface area contributed by atoms with Crippen molar-refractivity contribution in [1.82, 2.24) is 0 Å². The van der Waals surface area contributed by atoms with E-state index in [2.05, 4.69) is 0 Å². The Morgan fingerprint density at radius 3 is 2.60 bits per heavy atom. The van der Waals surface area contributed by atoms with Crippen LogP contribution in [0.25, 0.3) is 0 Å². The lowest BCUT2D eigenvalue weighted by atomic mass is 10.1. The molecule has 1 aromatic rings. The smallest absolute Gasteiger partial charge is 0.128 e. The van der Waals surface area contributed by atoms with E-state index in [9.17, 15) is 5.11 Å². The van der Waals surface area contributed by atoms with E-state index in [1.807, 2.05) is 0 Å². The number of nitrogens with two attached hydrogens (primary N) is 1. The second-order valence-electron chi connectivity index (χ2n) is 3.20. The van der Waals surface area contributed by atoms with E-state index >= 15 is 0 Å². The fourth-order valence-electron chi connectivity index (χ4n) is 1.41. The molecule has 1 rings (SSSR count). The fourth-order valence-corrected chi connectivity index (χ4v) is 1.41. The zero-order chi connectivity index (χ0) is 11.3. The first-order valence-corrected chi connectivity index (χ1v) is 4.83. The van der Waals surface area contributed by atoms with Crippen molar-refractivity contribution in [3.8, 4) is 11.5 Å². The number of aliphatic hydroxyl groups excluding tert-OH is 1. The predicted octanol–water partition coefficient (Wildman–Crippen LogP) is 1.09. The number of aliphatic hydroxyl groups is 1. The summed E-state index contributed by atoms with van der Waals surface area (Å²) < 4.78 is 10.2. The van der Waals surface area contributed by atoms with Gasteiger partial charge in [0, 0.05) is 11.6 Å². The molecular formula is C11H17NO3. The molecule has 0 heterocycles. The van der Waals surface area contributed by atoms with Crippen molar-refractivity contribution in [2.45, 2.75) is 12.5 Å². The molecule has 0 aliphatic heterocycles. The van der Waals surface area contributed by atoms with Crippen LogP contribution >= 0.6 is 0 Å². The lowest BCUT2D eigenvalue weighted by Gasteiger charge is -2.14. The van der Waals surface area contributed by atoms with Crippen LogP contribution in [-0.4, -0.2) is 25.9 Å². The number of ether oxygens (including phenoxy) is 2. The second-order valence-corrected chi connectivity index (χ2v) is 3.20. The summed E-state index contributed by atoms with van der Waals surface area (Å²) in [5, 5.41) is 9.80. The van der Waals surface area contributed by atoms with Gasteiger partial charge in [-0.05, 0) is 25.1 Å². The van der Waals surface area contributed by atoms with E-state index in [4.69, 9.17) is 15.2 Å². The number of methoxy groups -OCH3 is 2. The van der Waals surface area contributed by atoms with Crippen LogP contribution in [0.4, 0.5) is 0 Å². The van der Waals surface area contributed by atoms with Crippen LogP contribution in [0.5, 0.6) is 11.5 Å². The molecule has 0 aliphatic carbocycles. The summed E-state index contributed by atoms with van der Waals surface area (Å²) in [7, 11) is 3.15. The third-order valence-corrected chi connectivity index (χ3v) is 2.24. The molecule has 1 aromatic carbocycles. The first-order chi connectivity index (χ1) is 7.22. The minimum absolute atomic E-state index is 0.441. The van der Waals surface area contributed by atoms with Gasteiger partial charge in [0.15, 0.2) is 0 Å². The fraction of sp³-hybridized carbons (Fsp3) is 0.455. The molecule has 0 amide bonds. The monoisotopic (exact) mass is 211 g/mol. The van der Waals surface area contributed by atoms with Crippen LogP contribution in [0.3, 0.4) is 0 Å². The van der Waals surface area contributed by atoms with E-state index in [1.165, 1.54) is 0 Å². The molecule has 84 valence electrons. The molecule has 0 unspecified atom stereocenters. The normalized spacial score (nSPS) is 12.3. The Morgan fingerprint density at radius 2 is 2.07 bits per heavy atom. The summed E-state index contributed by atoms with van der Waals surface area (Å²) in [4.78, 5) is 0. The number of hydrogen-bond acceptors (Lipinski definition) is 4. The van der Waals surface area contributed by atoms with Crippen LogP contribution in [-0.2, 0) is 0 Å². The van der Waals surface area contributed by atoms with E-state index < -0.39 is 6.10 Å². The van der Waals surface area contributed by atoms with Gasteiger partial charge in [0.1, 0.15) is 11.5 Å². The van der Waals surface area contributed by atoms with Gasteiger partial charge in [-0.15, -0.1) is 0 Å². The third kappa shape index (κ3) is 2.84. The van der Waals surface area contributed by atoms with E-state index in [-0.39, 0.29) is 0 Å². The molecule has 0 saturated heterocycles. The minimum atomic E-state index is -0.587. The Labute approximate surface area is 89.6 Å². The SMILES string of the molecule is COc1ccc([C@H](O)CCN)c(OC)c1. The van der Waals surface area contributed by atoms with Crippen molar-refractivity contribution in [2.75, 3.05) is 20.8 Å². The maximum absolute atomic E-state index is 9.80. The quantitative estimate of drug-likeness (QED) is 0.765. The molecule has 0 saturated carbocycles. The van der Waals surface area contributed by atoms with Crippen molar-refractivity contribution < 1.29 is 14.6 Å². The molecule has 0 spiro atoms. The van der Waals surface area contributed by atoms with Crippen LogP contribution in [0.15, 0.2) is 18.2 Å². The molecule has 4 nitrogen and oxygen atoms in total. The van der Waals surface area contributed by atoms with Gasteiger partial charge in [-0.2, -0.15) is 0 Å². The Hall–Kier alpha value is -1.26. The molecule has 4 heteroatoms. The average Bonchev–Trinajstić information content (AvgIpc) is 2.28. The van der Waals surface area contributed by atoms with Crippen molar-refractivity contribution in [2.24, 2.45) is 5.73 Å². The van der Waals surface area contributed by atoms with E-state index in [1.54, 1.807) is 32.4 Å². The third-order valence-electron chi connectivity index (χ3n) is 2.24. The highest BCUT2D eigenvalue weighted by atomic mass is 16.5. The molecule has 0 radical (unpaired) electrons. The molecular weight excluding hydrogens is 194 g/mol. The maximum Gasteiger partial charge on any atom is 0.128 e. The van der Waals surface area contributed by atoms with Crippen LogP contribution < -0.4 is 15.2 Å². The van der Waals surface area contributed by atoms with Gasteiger partial charge in [0.05, 0.1) is 20.3 Å². The summed E-state index contributed by atoms with van der Waals surface area (Å²) in [5.41, 5.74) is 6.13. The van der Waals surface area contributed by atoms with Gasteiger partial charge in [0.2, 0.25) is 0 Å². The largest absolute Gasteiger partial charge is 0.497 e. The number of benzene rings is 1. The van der Waals surface area contributed by atoms with Gasteiger partial charge in [-0.1, -0.05) is 0 Å². The first kappa shape index (κ1) is 11.8. The highest BCUT2D eigenvalue weighted by Crippen LogP contribution is 2.30. The summed E-state index contributed by atoms with van der Waals surface area (Å²) in [6.45, 7) is 0.441. The maximum atomic E-state index is 9.80. The first-order valence-electron chi connectivity index (χ1n) is 4.83. The van der Waals surface area contributed by atoms with Crippen molar-refractivity contribution in [3.63, 3.8) is 0 Å². The molecule has 0 fully saturated rings. The molecule has 1 atom stereocenters. The van der Waals surface area contributed by atoms with Crippen molar-refractivity contribution in [3.05, 3.63) is 23.8 Å². The van der Waals surface area contributed by atoms with Gasteiger partial charge in [-0.25, -0.2) is 0 Å².